The smallest absolute Gasteiger partial charge is 0.236 e. The molecule has 0 aliphatic carbocycles. The van der Waals surface area contributed by atoms with E-state index < -0.39 is 11.3 Å². The first-order chi connectivity index (χ1) is 9.78. The first-order valence-corrected chi connectivity index (χ1v) is 6.30. The lowest BCUT2D eigenvalue weighted by Gasteiger charge is -2.16. The molecule has 4 N–H and O–H groups in total. The average molecular weight is 284 g/mol. The first kappa shape index (κ1) is 14.5. The summed E-state index contributed by atoms with van der Waals surface area (Å²) < 4.78 is 0. The molecule has 0 saturated heterocycles. The van der Waals surface area contributed by atoms with E-state index in [0.29, 0.717) is 5.69 Å². The Bertz CT molecular complexity index is 698. The fourth-order valence-corrected chi connectivity index (χ4v) is 2.31. The highest BCUT2D eigenvalue weighted by molar-refractivity contribution is 6.45. The topological polar surface area (TPSA) is 118 Å². The van der Waals surface area contributed by atoms with Crippen LogP contribution in [-0.2, 0) is 10.2 Å². The minimum atomic E-state index is -0.607. The highest BCUT2D eigenvalue weighted by atomic mass is 16.2. The number of hydrogen-bond donors (Lipinski definition) is 3. The fourth-order valence-electron chi connectivity index (χ4n) is 2.31. The van der Waals surface area contributed by atoms with E-state index in [1.54, 1.807) is 24.1 Å². The van der Waals surface area contributed by atoms with Gasteiger partial charge in [0.1, 0.15) is 6.07 Å². The van der Waals surface area contributed by atoms with Gasteiger partial charge in [0.2, 0.25) is 11.6 Å². The second-order valence-electron chi connectivity index (χ2n) is 5.32. The summed E-state index contributed by atoms with van der Waals surface area (Å²) in [6.45, 7) is 3.72. The zero-order chi connectivity index (χ0) is 15.8. The van der Waals surface area contributed by atoms with E-state index in [9.17, 15) is 4.79 Å². The third-order valence-corrected chi connectivity index (χ3v) is 3.53. The number of amides is 1. The van der Waals surface area contributed by atoms with Crippen molar-refractivity contribution in [3.63, 3.8) is 0 Å². The van der Waals surface area contributed by atoms with Gasteiger partial charge in [-0.2, -0.15) is 10.4 Å². The number of benzene rings is 1. The molecule has 2 rings (SSSR count). The summed E-state index contributed by atoms with van der Waals surface area (Å²) in [6.07, 6.45) is 0. The normalized spacial score (nSPS) is 16.4. The molecule has 0 aromatic heterocycles. The van der Waals surface area contributed by atoms with Gasteiger partial charge in [0, 0.05) is 12.7 Å². The van der Waals surface area contributed by atoms with Crippen LogP contribution in [0.4, 0.5) is 11.4 Å². The number of carbonyl (C=O) groups is 1. The Morgan fingerprint density at radius 2 is 2.19 bits per heavy atom. The lowest BCUT2D eigenvalue weighted by Crippen LogP contribution is -2.33. The lowest BCUT2D eigenvalue weighted by molar-refractivity contribution is -0.121. The molecule has 1 heterocycles. The maximum atomic E-state index is 12.2. The van der Waals surface area contributed by atoms with Gasteiger partial charge in [-0.05, 0) is 37.6 Å². The van der Waals surface area contributed by atoms with E-state index in [0.717, 1.165) is 11.3 Å². The minimum Gasteiger partial charge on any atom is -0.382 e. The summed E-state index contributed by atoms with van der Waals surface area (Å²) in [4.78, 5) is 13.8. The lowest BCUT2D eigenvalue weighted by atomic mass is 9.86. The standard InChI is InChI=1S/C14H16N6O/c1-14(2)9-6-8(18-19-10(7-15)12(16)17)4-5-11(9)20(3)13(14)21/h4-6,18H,1-3H3,(H3,16,17)/b19-10+. The van der Waals surface area contributed by atoms with Gasteiger partial charge in [-0.25, -0.2) is 0 Å². The van der Waals surface area contributed by atoms with Crippen molar-refractivity contribution < 1.29 is 4.79 Å². The van der Waals surface area contributed by atoms with Gasteiger partial charge in [0.25, 0.3) is 0 Å². The number of fused-ring (bicyclic) bond motifs is 1. The Morgan fingerprint density at radius 1 is 1.52 bits per heavy atom. The number of carbonyl (C=O) groups excluding carboxylic acids is 1. The number of hydrogen-bond acceptors (Lipinski definition) is 5. The monoisotopic (exact) mass is 284 g/mol. The second kappa shape index (κ2) is 4.90. The Hall–Kier alpha value is -2.88. The highest BCUT2D eigenvalue weighted by Crippen LogP contribution is 2.41. The van der Waals surface area contributed by atoms with Crippen LogP contribution in [0.5, 0.6) is 0 Å². The van der Waals surface area contributed by atoms with Crippen LogP contribution in [0, 0.1) is 16.7 Å². The number of likely N-dealkylation sites (N-methyl/N-ethyl adjacent to an activating group) is 1. The van der Waals surface area contributed by atoms with E-state index in [1.807, 2.05) is 26.0 Å². The van der Waals surface area contributed by atoms with Crippen molar-refractivity contribution in [3.8, 4) is 6.07 Å². The number of hydrazone groups is 1. The minimum absolute atomic E-state index is 0.0274. The average Bonchev–Trinajstić information content (AvgIpc) is 2.61. The van der Waals surface area contributed by atoms with Gasteiger partial charge in [0.05, 0.1) is 11.1 Å². The van der Waals surface area contributed by atoms with Crippen LogP contribution in [0.2, 0.25) is 0 Å². The Morgan fingerprint density at radius 3 is 2.76 bits per heavy atom. The third-order valence-electron chi connectivity index (χ3n) is 3.53. The van der Waals surface area contributed by atoms with Crippen molar-refractivity contribution in [2.75, 3.05) is 17.4 Å². The molecule has 1 aromatic rings. The second-order valence-corrected chi connectivity index (χ2v) is 5.32. The molecule has 0 radical (unpaired) electrons. The molecule has 1 amide bonds. The number of amidine groups is 1. The quantitative estimate of drug-likeness (QED) is 0.438. The number of nitrogens with two attached hydrogens (primary N) is 1. The predicted octanol–water partition coefficient (Wildman–Crippen LogP) is 1.17. The highest BCUT2D eigenvalue weighted by Gasteiger charge is 2.42. The van der Waals surface area contributed by atoms with Gasteiger partial charge in [0.15, 0.2) is 5.84 Å². The number of nitrogens with one attached hydrogen (secondary N) is 2. The molecule has 108 valence electrons. The number of anilines is 2. The molecule has 0 saturated carbocycles. The van der Waals surface area contributed by atoms with E-state index in [2.05, 4.69) is 10.5 Å². The molecule has 7 heteroatoms. The summed E-state index contributed by atoms with van der Waals surface area (Å²) in [6, 6.07) is 7.12. The molecule has 1 aliphatic heterocycles. The molecule has 7 nitrogen and oxygen atoms in total. The molecule has 0 unspecified atom stereocenters. The van der Waals surface area contributed by atoms with Crippen LogP contribution >= 0.6 is 0 Å². The van der Waals surface area contributed by atoms with Crippen LogP contribution < -0.4 is 16.1 Å². The Kier molecular flexibility index (Phi) is 3.39. The van der Waals surface area contributed by atoms with Crippen LogP contribution in [-0.4, -0.2) is 24.5 Å². The van der Waals surface area contributed by atoms with Gasteiger partial charge >= 0.3 is 0 Å². The molecule has 0 fully saturated rings. The van der Waals surface area contributed by atoms with Crippen molar-refractivity contribution in [1.82, 2.24) is 0 Å². The Balaban J connectivity index is 2.36. The van der Waals surface area contributed by atoms with Crippen molar-refractivity contribution in [3.05, 3.63) is 23.8 Å². The van der Waals surface area contributed by atoms with Crippen molar-refractivity contribution in [2.45, 2.75) is 19.3 Å². The first-order valence-electron chi connectivity index (χ1n) is 6.30. The van der Waals surface area contributed by atoms with E-state index in [1.165, 1.54) is 0 Å². The van der Waals surface area contributed by atoms with Crippen molar-refractivity contribution in [2.24, 2.45) is 10.8 Å². The van der Waals surface area contributed by atoms with E-state index >= 15 is 0 Å². The SMILES string of the molecule is CN1C(=O)C(C)(C)c2cc(N/N=C(\C#N)C(=N)N)ccc21. The van der Waals surface area contributed by atoms with Gasteiger partial charge in [-0.15, -0.1) is 0 Å². The van der Waals surface area contributed by atoms with Gasteiger partial charge in [-0.3, -0.25) is 15.6 Å². The number of nitriles is 1. The van der Waals surface area contributed by atoms with Crippen LogP contribution in [0.25, 0.3) is 0 Å². The summed E-state index contributed by atoms with van der Waals surface area (Å²) >= 11 is 0. The van der Waals surface area contributed by atoms with Crippen molar-refractivity contribution in [1.29, 1.82) is 10.7 Å². The zero-order valence-corrected chi connectivity index (χ0v) is 12.1. The largest absolute Gasteiger partial charge is 0.382 e. The Labute approximate surface area is 122 Å². The third kappa shape index (κ3) is 2.31. The van der Waals surface area contributed by atoms with Crippen LogP contribution in [0.15, 0.2) is 23.3 Å². The predicted molar refractivity (Wildman–Crippen MR) is 81.5 cm³/mol. The van der Waals surface area contributed by atoms with Crippen LogP contribution in [0.1, 0.15) is 19.4 Å². The summed E-state index contributed by atoms with van der Waals surface area (Å²) in [5, 5.41) is 19.8. The van der Waals surface area contributed by atoms with E-state index in [4.69, 9.17) is 16.4 Å². The summed E-state index contributed by atoms with van der Waals surface area (Å²) in [7, 11) is 1.74. The van der Waals surface area contributed by atoms with Gasteiger partial charge in [-0.1, -0.05) is 0 Å². The molecule has 0 spiro atoms. The molecule has 0 bridgehead atoms. The van der Waals surface area contributed by atoms with E-state index in [-0.39, 0.29) is 11.6 Å². The number of rotatable bonds is 3. The fraction of sp³-hybridized carbons (Fsp3) is 0.286. The van der Waals surface area contributed by atoms with Crippen LogP contribution in [0.3, 0.4) is 0 Å². The molecule has 1 aliphatic rings. The number of nitrogens with zero attached hydrogens (tertiary/aromatic N) is 3. The maximum Gasteiger partial charge on any atom is 0.236 e. The molecular weight excluding hydrogens is 268 g/mol. The van der Waals surface area contributed by atoms with Gasteiger partial charge < -0.3 is 10.6 Å². The summed E-state index contributed by atoms with van der Waals surface area (Å²) in [5.41, 5.74) is 9.47. The summed E-state index contributed by atoms with van der Waals surface area (Å²) in [5.74, 6) is -0.374. The molecular formula is C14H16N6O. The molecule has 0 atom stereocenters. The molecule has 21 heavy (non-hydrogen) atoms. The molecule has 1 aromatic carbocycles. The van der Waals surface area contributed by atoms with Crippen molar-refractivity contribution >= 4 is 28.8 Å². The maximum absolute atomic E-state index is 12.2. The zero-order valence-electron chi connectivity index (χ0n) is 12.1.